The summed E-state index contributed by atoms with van der Waals surface area (Å²) < 4.78 is 6.42. The van der Waals surface area contributed by atoms with E-state index in [1.54, 1.807) is 12.1 Å². The van der Waals surface area contributed by atoms with Crippen LogP contribution in [0.5, 0.6) is 5.75 Å². The quantitative estimate of drug-likeness (QED) is 0.353. The van der Waals surface area contributed by atoms with E-state index in [0.717, 1.165) is 36.5 Å². The largest absolute Gasteiger partial charge is 0.491 e. The molecule has 0 fully saturated rings. The first-order valence-corrected chi connectivity index (χ1v) is 12.4. The molecular formula is C29H39NO3. The van der Waals surface area contributed by atoms with Crippen molar-refractivity contribution < 1.29 is 14.6 Å². The van der Waals surface area contributed by atoms with Crippen molar-refractivity contribution in [1.29, 1.82) is 0 Å². The van der Waals surface area contributed by atoms with Crippen molar-refractivity contribution in [1.82, 2.24) is 0 Å². The minimum absolute atomic E-state index is 0.0623. The second kappa shape index (κ2) is 10.9. The van der Waals surface area contributed by atoms with Crippen molar-refractivity contribution in [3.8, 4) is 5.75 Å². The van der Waals surface area contributed by atoms with E-state index in [1.165, 1.54) is 42.4 Å². The summed E-state index contributed by atoms with van der Waals surface area (Å²) >= 11 is 0. The summed E-state index contributed by atoms with van der Waals surface area (Å²) in [4.78, 5) is 13.5. The highest BCUT2D eigenvalue weighted by Gasteiger charge is 2.29. The standard InChI is InChI=1S/C29H39NO3/c1-6-8-9-10-11-18-33-27-20-25-24(21(3)16-17-29(25,4)5)19-26(27)30(7-2)23-14-12-22(13-15-23)28(31)32/h12-16,19-20H,6-11,17-18H2,1-5H3,(H,31,32). The van der Waals surface area contributed by atoms with Gasteiger partial charge >= 0.3 is 5.97 Å². The van der Waals surface area contributed by atoms with Gasteiger partial charge in [0.2, 0.25) is 0 Å². The molecule has 0 bridgehead atoms. The summed E-state index contributed by atoms with van der Waals surface area (Å²) in [6.45, 7) is 12.6. The van der Waals surface area contributed by atoms with Gasteiger partial charge in [-0.3, -0.25) is 0 Å². The highest BCUT2D eigenvalue weighted by molar-refractivity contribution is 5.88. The molecule has 0 saturated heterocycles. The van der Waals surface area contributed by atoms with Crippen LogP contribution < -0.4 is 9.64 Å². The minimum atomic E-state index is -0.909. The monoisotopic (exact) mass is 449 g/mol. The summed E-state index contributed by atoms with van der Waals surface area (Å²) in [7, 11) is 0. The fourth-order valence-corrected chi connectivity index (χ4v) is 4.57. The molecule has 178 valence electrons. The van der Waals surface area contributed by atoms with E-state index >= 15 is 0 Å². The van der Waals surface area contributed by atoms with Crippen LogP contribution >= 0.6 is 0 Å². The molecule has 0 radical (unpaired) electrons. The molecule has 4 nitrogen and oxygen atoms in total. The molecule has 33 heavy (non-hydrogen) atoms. The van der Waals surface area contributed by atoms with Crippen LogP contribution in [0.3, 0.4) is 0 Å². The van der Waals surface area contributed by atoms with E-state index in [0.29, 0.717) is 12.2 Å². The third-order valence-corrected chi connectivity index (χ3v) is 6.71. The van der Waals surface area contributed by atoms with Crippen molar-refractivity contribution in [2.24, 2.45) is 0 Å². The van der Waals surface area contributed by atoms with E-state index < -0.39 is 5.97 Å². The lowest BCUT2D eigenvalue weighted by molar-refractivity contribution is 0.0697. The minimum Gasteiger partial charge on any atom is -0.491 e. The highest BCUT2D eigenvalue weighted by Crippen LogP contribution is 2.45. The molecule has 3 rings (SSSR count). The Morgan fingerprint density at radius 1 is 1.06 bits per heavy atom. The van der Waals surface area contributed by atoms with E-state index in [-0.39, 0.29) is 5.41 Å². The van der Waals surface area contributed by atoms with Crippen molar-refractivity contribution in [3.05, 3.63) is 59.2 Å². The molecule has 2 aromatic carbocycles. The fourth-order valence-electron chi connectivity index (χ4n) is 4.57. The summed E-state index contributed by atoms with van der Waals surface area (Å²) in [6.07, 6.45) is 9.37. The van der Waals surface area contributed by atoms with Gasteiger partial charge in [0.05, 0.1) is 17.9 Å². The van der Waals surface area contributed by atoms with Gasteiger partial charge in [0.15, 0.2) is 0 Å². The van der Waals surface area contributed by atoms with E-state index in [9.17, 15) is 9.90 Å². The van der Waals surface area contributed by atoms with E-state index in [4.69, 9.17) is 4.74 Å². The number of aromatic carboxylic acids is 1. The maximum absolute atomic E-state index is 11.3. The van der Waals surface area contributed by atoms with Crippen molar-refractivity contribution in [3.63, 3.8) is 0 Å². The number of unbranched alkanes of at least 4 members (excludes halogenated alkanes) is 4. The molecule has 0 aromatic heterocycles. The van der Waals surface area contributed by atoms with E-state index in [1.807, 2.05) is 12.1 Å². The molecule has 1 aliphatic rings. The lowest BCUT2D eigenvalue weighted by Crippen LogP contribution is -2.23. The Labute approximate surface area is 199 Å². The Morgan fingerprint density at radius 3 is 2.39 bits per heavy atom. The van der Waals surface area contributed by atoms with Gasteiger partial charge in [-0.15, -0.1) is 0 Å². The second-order valence-corrected chi connectivity index (χ2v) is 9.70. The Bertz CT molecular complexity index is 989. The zero-order valence-corrected chi connectivity index (χ0v) is 20.9. The molecule has 0 aliphatic heterocycles. The predicted octanol–water partition coefficient (Wildman–Crippen LogP) is 7.98. The number of fused-ring (bicyclic) bond motifs is 1. The van der Waals surface area contributed by atoms with Crippen LogP contribution in [0, 0.1) is 0 Å². The fraction of sp³-hybridized carbons (Fsp3) is 0.483. The molecule has 0 unspecified atom stereocenters. The maximum Gasteiger partial charge on any atom is 0.335 e. The van der Waals surface area contributed by atoms with Crippen LogP contribution in [-0.2, 0) is 5.41 Å². The van der Waals surface area contributed by atoms with Gasteiger partial charge in [0, 0.05) is 12.2 Å². The number of benzene rings is 2. The second-order valence-electron chi connectivity index (χ2n) is 9.70. The molecule has 0 heterocycles. The van der Waals surface area contributed by atoms with Gasteiger partial charge in [-0.05, 0) is 85.2 Å². The van der Waals surface area contributed by atoms with Crippen molar-refractivity contribution >= 4 is 22.9 Å². The number of allylic oxidation sites excluding steroid dienone is 2. The highest BCUT2D eigenvalue weighted by atomic mass is 16.5. The summed E-state index contributed by atoms with van der Waals surface area (Å²) in [5, 5.41) is 9.28. The molecule has 1 N–H and O–H groups in total. The number of nitrogens with zero attached hydrogens (tertiary/aromatic N) is 1. The summed E-state index contributed by atoms with van der Waals surface area (Å²) in [6, 6.07) is 11.6. The Morgan fingerprint density at radius 2 is 1.76 bits per heavy atom. The molecule has 0 amide bonds. The van der Waals surface area contributed by atoms with Gasteiger partial charge in [-0.25, -0.2) is 4.79 Å². The van der Waals surface area contributed by atoms with E-state index in [2.05, 4.69) is 57.7 Å². The first-order chi connectivity index (χ1) is 15.8. The smallest absolute Gasteiger partial charge is 0.335 e. The third-order valence-electron chi connectivity index (χ3n) is 6.71. The van der Waals surface area contributed by atoms with Crippen molar-refractivity contribution in [2.45, 2.75) is 78.6 Å². The normalized spacial score (nSPS) is 14.4. The van der Waals surface area contributed by atoms with Crippen LogP contribution in [-0.4, -0.2) is 24.2 Å². The van der Waals surface area contributed by atoms with Gasteiger partial charge < -0.3 is 14.7 Å². The average Bonchev–Trinajstić information content (AvgIpc) is 2.80. The zero-order valence-electron chi connectivity index (χ0n) is 20.9. The summed E-state index contributed by atoms with van der Waals surface area (Å²) in [5.41, 5.74) is 6.28. The number of anilines is 2. The Hall–Kier alpha value is -2.75. The molecule has 0 saturated carbocycles. The lowest BCUT2D eigenvalue weighted by atomic mass is 9.73. The number of ether oxygens (including phenoxy) is 1. The molecular weight excluding hydrogens is 410 g/mol. The van der Waals surface area contributed by atoms with Crippen LogP contribution in [0.15, 0.2) is 42.5 Å². The number of rotatable bonds is 11. The maximum atomic E-state index is 11.3. The molecule has 4 heteroatoms. The Balaban J connectivity index is 1.99. The van der Waals surface area contributed by atoms with Crippen molar-refractivity contribution in [2.75, 3.05) is 18.1 Å². The zero-order chi connectivity index (χ0) is 24.0. The average molecular weight is 450 g/mol. The van der Waals surface area contributed by atoms with Gasteiger partial charge in [-0.2, -0.15) is 0 Å². The van der Waals surface area contributed by atoms with Crippen LogP contribution in [0.1, 0.15) is 94.6 Å². The molecule has 0 atom stereocenters. The number of hydrogen-bond donors (Lipinski definition) is 1. The Kier molecular flexibility index (Phi) is 8.23. The lowest BCUT2D eigenvalue weighted by Gasteiger charge is -2.34. The number of carboxylic acids is 1. The molecule has 0 spiro atoms. The van der Waals surface area contributed by atoms with Crippen LogP contribution in [0.4, 0.5) is 11.4 Å². The SMILES string of the molecule is CCCCCCCOc1cc2c(cc1N(CC)c1ccc(C(=O)O)cc1)C(C)=CCC2(C)C. The van der Waals surface area contributed by atoms with Crippen LogP contribution in [0.2, 0.25) is 0 Å². The molecule has 2 aromatic rings. The topological polar surface area (TPSA) is 49.8 Å². The van der Waals surface area contributed by atoms with Gasteiger partial charge in [-0.1, -0.05) is 52.5 Å². The predicted molar refractivity (Wildman–Crippen MR) is 138 cm³/mol. The number of carbonyl (C=O) groups is 1. The third kappa shape index (κ3) is 5.79. The van der Waals surface area contributed by atoms with Gasteiger partial charge in [0.25, 0.3) is 0 Å². The number of carboxylic acid groups (broad SMARTS) is 1. The first-order valence-electron chi connectivity index (χ1n) is 12.4. The van der Waals surface area contributed by atoms with Crippen LogP contribution in [0.25, 0.3) is 5.57 Å². The summed E-state index contributed by atoms with van der Waals surface area (Å²) in [5.74, 6) is 0.00430. The van der Waals surface area contributed by atoms with Gasteiger partial charge in [0.1, 0.15) is 5.75 Å². The number of hydrogen-bond acceptors (Lipinski definition) is 3. The first kappa shape index (κ1) is 24.9. The molecule has 1 aliphatic carbocycles.